The van der Waals surface area contributed by atoms with Crippen molar-refractivity contribution in [2.45, 2.75) is 32.2 Å². The number of nitrogens with one attached hydrogen (secondary N) is 1. The molecule has 1 aliphatic heterocycles. The molecule has 1 amide bonds. The molecule has 1 fully saturated rings. The quantitative estimate of drug-likeness (QED) is 0.805. The standard InChI is InChI=1S/C17H24N2O3/c1-13-6-3-4-7-14(13)9-10-18-16(20)12-19-11-5-8-15(19)17(21)22-2/h3-4,6-7,15H,5,8-12H2,1-2H3,(H,18,20)/t15-/m1/s1. The molecule has 2 rings (SSSR count). The number of esters is 1. The van der Waals surface area contributed by atoms with Crippen LogP contribution in [0.25, 0.3) is 0 Å². The minimum atomic E-state index is -0.271. The number of carbonyl (C=O) groups is 2. The van der Waals surface area contributed by atoms with E-state index in [4.69, 9.17) is 4.74 Å². The third-order valence-corrected chi connectivity index (χ3v) is 4.16. The lowest BCUT2D eigenvalue weighted by molar-refractivity contribution is -0.146. The minimum Gasteiger partial charge on any atom is -0.468 e. The molecule has 1 heterocycles. The minimum absolute atomic E-state index is 0.0376. The summed E-state index contributed by atoms with van der Waals surface area (Å²) in [5.41, 5.74) is 2.48. The number of methoxy groups -OCH3 is 1. The maximum atomic E-state index is 12.0. The highest BCUT2D eigenvalue weighted by molar-refractivity contribution is 5.80. The van der Waals surface area contributed by atoms with E-state index in [1.54, 1.807) is 0 Å². The van der Waals surface area contributed by atoms with Crippen LogP contribution in [-0.4, -0.2) is 49.6 Å². The molecule has 5 nitrogen and oxygen atoms in total. The Morgan fingerprint density at radius 3 is 2.86 bits per heavy atom. The molecule has 0 saturated carbocycles. The number of ether oxygens (including phenoxy) is 1. The fourth-order valence-electron chi connectivity index (χ4n) is 2.89. The summed E-state index contributed by atoms with van der Waals surface area (Å²) in [5, 5.41) is 2.93. The highest BCUT2D eigenvalue weighted by atomic mass is 16.5. The molecule has 5 heteroatoms. The van der Waals surface area contributed by atoms with Crippen molar-refractivity contribution in [1.82, 2.24) is 10.2 Å². The molecule has 0 spiro atoms. The van der Waals surface area contributed by atoms with Crippen LogP contribution in [0.3, 0.4) is 0 Å². The summed E-state index contributed by atoms with van der Waals surface area (Å²) in [6.45, 7) is 3.71. The second-order valence-electron chi connectivity index (χ2n) is 5.68. The van der Waals surface area contributed by atoms with Gasteiger partial charge in [0.05, 0.1) is 13.7 Å². The van der Waals surface area contributed by atoms with Gasteiger partial charge in [0.1, 0.15) is 6.04 Å². The number of nitrogens with zero attached hydrogens (tertiary/aromatic N) is 1. The lowest BCUT2D eigenvalue weighted by Crippen LogP contribution is -2.43. The zero-order valence-corrected chi connectivity index (χ0v) is 13.3. The molecule has 1 saturated heterocycles. The van der Waals surface area contributed by atoms with Gasteiger partial charge in [0.2, 0.25) is 5.91 Å². The SMILES string of the molecule is COC(=O)[C@H]1CCCN1CC(=O)NCCc1ccccc1C. The Hall–Kier alpha value is -1.88. The van der Waals surface area contributed by atoms with Crippen LogP contribution in [0.5, 0.6) is 0 Å². The number of likely N-dealkylation sites (tertiary alicyclic amines) is 1. The summed E-state index contributed by atoms with van der Waals surface area (Å²) < 4.78 is 4.79. The molecular formula is C17H24N2O3. The van der Waals surface area contributed by atoms with Gasteiger partial charge in [-0.2, -0.15) is 0 Å². The summed E-state index contributed by atoms with van der Waals surface area (Å²) in [5.74, 6) is -0.283. The monoisotopic (exact) mass is 304 g/mol. The molecular weight excluding hydrogens is 280 g/mol. The molecule has 0 bridgehead atoms. The molecule has 1 aromatic carbocycles. The zero-order chi connectivity index (χ0) is 15.9. The second-order valence-corrected chi connectivity index (χ2v) is 5.68. The van der Waals surface area contributed by atoms with E-state index in [9.17, 15) is 9.59 Å². The van der Waals surface area contributed by atoms with Crippen LogP contribution in [0, 0.1) is 6.92 Å². The predicted octanol–water partition coefficient (Wildman–Crippen LogP) is 1.29. The van der Waals surface area contributed by atoms with Crippen molar-refractivity contribution in [1.29, 1.82) is 0 Å². The number of amides is 1. The summed E-state index contributed by atoms with van der Waals surface area (Å²) in [6, 6.07) is 7.90. The van der Waals surface area contributed by atoms with E-state index in [1.165, 1.54) is 18.2 Å². The highest BCUT2D eigenvalue weighted by Crippen LogP contribution is 2.17. The lowest BCUT2D eigenvalue weighted by atomic mass is 10.1. The molecule has 0 unspecified atom stereocenters. The average Bonchev–Trinajstić information content (AvgIpc) is 2.96. The maximum absolute atomic E-state index is 12.0. The Balaban J connectivity index is 1.76. The highest BCUT2D eigenvalue weighted by Gasteiger charge is 2.32. The number of hydrogen-bond donors (Lipinski definition) is 1. The first-order chi connectivity index (χ1) is 10.6. The Kier molecular flexibility index (Phi) is 5.95. The van der Waals surface area contributed by atoms with Crippen molar-refractivity contribution < 1.29 is 14.3 Å². The number of carbonyl (C=O) groups excluding carboxylic acids is 2. The summed E-state index contributed by atoms with van der Waals surface area (Å²) >= 11 is 0. The van der Waals surface area contributed by atoms with Crippen molar-refractivity contribution >= 4 is 11.9 Å². The van der Waals surface area contributed by atoms with Gasteiger partial charge < -0.3 is 10.1 Å². The van der Waals surface area contributed by atoms with Crippen LogP contribution >= 0.6 is 0 Å². The zero-order valence-electron chi connectivity index (χ0n) is 13.3. The van der Waals surface area contributed by atoms with Gasteiger partial charge in [-0.15, -0.1) is 0 Å². The van der Waals surface area contributed by atoms with Crippen LogP contribution < -0.4 is 5.32 Å². The molecule has 0 aromatic heterocycles. The van der Waals surface area contributed by atoms with E-state index in [0.717, 1.165) is 25.8 Å². The van der Waals surface area contributed by atoms with E-state index >= 15 is 0 Å². The lowest BCUT2D eigenvalue weighted by Gasteiger charge is -2.21. The van der Waals surface area contributed by atoms with Crippen molar-refractivity contribution in [3.8, 4) is 0 Å². The Morgan fingerprint density at radius 1 is 1.36 bits per heavy atom. The van der Waals surface area contributed by atoms with E-state index in [2.05, 4.69) is 24.4 Å². The summed E-state index contributed by atoms with van der Waals surface area (Å²) in [6.07, 6.45) is 2.51. The van der Waals surface area contributed by atoms with Gasteiger partial charge in [0, 0.05) is 6.54 Å². The third-order valence-electron chi connectivity index (χ3n) is 4.16. The van der Waals surface area contributed by atoms with Crippen LogP contribution in [-0.2, 0) is 20.7 Å². The van der Waals surface area contributed by atoms with E-state index < -0.39 is 0 Å². The number of hydrogen-bond acceptors (Lipinski definition) is 4. The molecule has 1 aromatic rings. The second kappa shape index (κ2) is 7.94. The molecule has 1 atom stereocenters. The smallest absolute Gasteiger partial charge is 0.323 e. The van der Waals surface area contributed by atoms with Crippen LogP contribution in [0.4, 0.5) is 0 Å². The van der Waals surface area contributed by atoms with Crippen LogP contribution in [0.15, 0.2) is 24.3 Å². The first-order valence-corrected chi connectivity index (χ1v) is 7.75. The normalized spacial score (nSPS) is 18.2. The molecule has 0 aliphatic carbocycles. The average molecular weight is 304 g/mol. The van der Waals surface area contributed by atoms with Gasteiger partial charge in [0.15, 0.2) is 0 Å². The van der Waals surface area contributed by atoms with Gasteiger partial charge in [-0.05, 0) is 43.9 Å². The molecule has 0 radical (unpaired) electrons. The molecule has 22 heavy (non-hydrogen) atoms. The van der Waals surface area contributed by atoms with Gasteiger partial charge in [-0.25, -0.2) is 0 Å². The topological polar surface area (TPSA) is 58.6 Å². The fraction of sp³-hybridized carbons (Fsp3) is 0.529. The number of benzene rings is 1. The maximum Gasteiger partial charge on any atom is 0.323 e. The van der Waals surface area contributed by atoms with Crippen molar-refractivity contribution in [3.05, 3.63) is 35.4 Å². The van der Waals surface area contributed by atoms with Gasteiger partial charge in [0.25, 0.3) is 0 Å². The Bertz CT molecular complexity index is 530. The molecule has 120 valence electrons. The Morgan fingerprint density at radius 2 is 2.14 bits per heavy atom. The predicted molar refractivity (Wildman–Crippen MR) is 84.5 cm³/mol. The summed E-state index contributed by atoms with van der Waals surface area (Å²) in [7, 11) is 1.39. The fourth-order valence-corrected chi connectivity index (χ4v) is 2.89. The van der Waals surface area contributed by atoms with Crippen molar-refractivity contribution in [3.63, 3.8) is 0 Å². The largest absolute Gasteiger partial charge is 0.468 e. The summed E-state index contributed by atoms with van der Waals surface area (Å²) in [4.78, 5) is 25.6. The van der Waals surface area contributed by atoms with Crippen molar-refractivity contribution in [2.75, 3.05) is 26.7 Å². The first-order valence-electron chi connectivity index (χ1n) is 7.75. The first kappa shape index (κ1) is 16.5. The number of aryl methyl sites for hydroxylation is 1. The number of rotatable bonds is 6. The van der Waals surface area contributed by atoms with Crippen LogP contribution in [0.1, 0.15) is 24.0 Å². The van der Waals surface area contributed by atoms with Gasteiger partial charge >= 0.3 is 5.97 Å². The van der Waals surface area contributed by atoms with Crippen molar-refractivity contribution in [2.24, 2.45) is 0 Å². The third kappa shape index (κ3) is 4.31. The Labute approximate surface area is 131 Å². The van der Waals surface area contributed by atoms with Gasteiger partial charge in [-0.1, -0.05) is 24.3 Å². The molecule has 1 N–H and O–H groups in total. The van der Waals surface area contributed by atoms with Gasteiger partial charge in [-0.3, -0.25) is 14.5 Å². The van der Waals surface area contributed by atoms with E-state index in [0.29, 0.717) is 6.54 Å². The van der Waals surface area contributed by atoms with Crippen LogP contribution in [0.2, 0.25) is 0 Å². The molecule has 1 aliphatic rings. The van der Waals surface area contributed by atoms with E-state index in [-0.39, 0.29) is 24.5 Å². The van der Waals surface area contributed by atoms with E-state index in [1.807, 2.05) is 17.0 Å².